The van der Waals surface area contributed by atoms with E-state index >= 15 is 0 Å². The first-order valence-electron chi connectivity index (χ1n) is 5.05. The number of aryl methyl sites for hydroxylation is 2. The van der Waals surface area contributed by atoms with Gasteiger partial charge >= 0.3 is 5.97 Å². The average molecular weight is 207 g/mol. The molecule has 0 saturated heterocycles. The van der Waals surface area contributed by atoms with Crippen LogP contribution in [0.4, 0.5) is 0 Å². The predicted molar refractivity (Wildman–Crippen MR) is 59.7 cm³/mol. The van der Waals surface area contributed by atoms with Crippen LogP contribution >= 0.6 is 0 Å². The van der Waals surface area contributed by atoms with Crippen molar-refractivity contribution in [2.24, 2.45) is 5.73 Å². The van der Waals surface area contributed by atoms with Crippen LogP contribution in [0.1, 0.15) is 35.6 Å². The third-order valence-electron chi connectivity index (χ3n) is 2.50. The summed E-state index contributed by atoms with van der Waals surface area (Å²) in [5.41, 5.74) is 9.28. The van der Waals surface area contributed by atoms with Crippen molar-refractivity contribution in [2.75, 3.05) is 0 Å². The molecule has 0 aromatic heterocycles. The maximum Gasteiger partial charge on any atom is 0.303 e. The van der Waals surface area contributed by atoms with Crippen LogP contribution in [0.25, 0.3) is 0 Å². The van der Waals surface area contributed by atoms with Crippen LogP contribution in [-0.2, 0) is 4.79 Å². The molecule has 15 heavy (non-hydrogen) atoms. The van der Waals surface area contributed by atoms with Crippen molar-refractivity contribution in [2.45, 2.75) is 32.7 Å². The molecule has 1 unspecified atom stereocenters. The number of nitrogens with two attached hydrogens (primary N) is 1. The molecule has 0 aliphatic rings. The molecule has 3 nitrogen and oxygen atoms in total. The van der Waals surface area contributed by atoms with Gasteiger partial charge in [-0.15, -0.1) is 0 Å². The third-order valence-corrected chi connectivity index (χ3v) is 2.50. The van der Waals surface area contributed by atoms with Crippen molar-refractivity contribution in [3.63, 3.8) is 0 Å². The highest BCUT2D eigenvalue weighted by Crippen LogP contribution is 2.20. The van der Waals surface area contributed by atoms with Gasteiger partial charge in [-0.3, -0.25) is 4.79 Å². The number of hydrogen-bond donors (Lipinski definition) is 2. The fourth-order valence-corrected chi connectivity index (χ4v) is 1.59. The molecule has 1 rings (SSSR count). The predicted octanol–water partition coefficient (Wildman–Crippen LogP) is 2.17. The summed E-state index contributed by atoms with van der Waals surface area (Å²) >= 11 is 0. The smallest absolute Gasteiger partial charge is 0.303 e. The summed E-state index contributed by atoms with van der Waals surface area (Å²) in [5, 5.41) is 8.58. The van der Waals surface area contributed by atoms with E-state index in [0.29, 0.717) is 6.42 Å². The van der Waals surface area contributed by atoms with Gasteiger partial charge in [0.1, 0.15) is 0 Å². The van der Waals surface area contributed by atoms with Crippen LogP contribution in [0.2, 0.25) is 0 Å². The fourth-order valence-electron chi connectivity index (χ4n) is 1.59. The van der Waals surface area contributed by atoms with Gasteiger partial charge in [0.15, 0.2) is 0 Å². The van der Waals surface area contributed by atoms with Gasteiger partial charge in [-0.25, -0.2) is 0 Å². The first kappa shape index (κ1) is 11.7. The second kappa shape index (κ2) is 4.94. The summed E-state index contributed by atoms with van der Waals surface area (Å²) in [5.74, 6) is -0.796. The molecule has 82 valence electrons. The molecule has 0 amide bonds. The average Bonchev–Trinajstić information content (AvgIpc) is 2.18. The highest BCUT2D eigenvalue weighted by atomic mass is 16.4. The van der Waals surface area contributed by atoms with Crippen LogP contribution in [0.15, 0.2) is 18.2 Å². The topological polar surface area (TPSA) is 63.3 Å². The monoisotopic (exact) mass is 207 g/mol. The van der Waals surface area contributed by atoms with Gasteiger partial charge in [0.25, 0.3) is 0 Å². The second-order valence-electron chi connectivity index (χ2n) is 3.90. The first-order chi connectivity index (χ1) is 7.00. The fraction of sp³-hybridized carbons (Fsp3) is 0.417. The van der Waals surface area contributed by atoms with Crippen LogP contribution in [0.3, 0.4) is 0 Å². The molecule has 0 aliphatic heterocycles. The molecular weight excluding hydrogens is 190 g/mol. The lowest BCUT2D eigenvalue weighted by Gasteiger charge is -2.14. The van der Waals surface area contributed by atoms with Gasteiger partial charge in [0.05, 0.1) is 0 Å². The SMILES string of the molecule is Cc1ccc(C)c(C(N)CCC(=O)O)c1. The van der Waals surface area contributed by atoms with Crippen molar-refractivity contribution >= 4 is 5.97 Å². The lowest BCUT2D eigenvalue weighted by Crippen LogP contribution is -2.13. The Bertz CT molecular complexity index is 361. The maximum absolute atomic E-state index is 10.4. The minimum absolute atomic E-state index is 0.120. The number of benzene rings is 1. The molecular formula is C12H17NO2. The standard InChI is InChI=1S/C12H17NO2/c1-8-3-4-9(2)10(7-8)11(13)5-6-12(14)15/h3-4,7,11H,5-6,13H2,1-2H3,(H,14,15). The largest absolute Gasteiger partial charge is 0.481 e. The summed E-state index contributed by atoms with van der Waals surface area (Å²) in [7, 11) is 0. The molecule has 0 bridgehead atoms. The molecule has 1 aromatic carbocycles. The number of carboxylic acids is 1. The van der Waals surface area contributed by atoms with Crippen LogP contribution in [-0.4, -0.2) is 11.1 Å². The van der Waals surface area contributed by atoms with E-state index in [9.17, 15) is 4.79 Å². The number of carbonyl (C=O) groups is 1. The molecule has 0 aliphatic carbocycles. The highest BCUT2D eigenvalue weighted by Gasteiger charge is 2.10. The lowest BCUT2D eigenvalue weighted by molar-refractivity contribution is -0.137. The molecule has 0 spiro atoms. The Morgan fingerprint density at radius 1 is 1.47 bits per heavy atom. The molecule has 3 heteroatoms. The molecule has 1 atom stereocenters. The van der Waals surface area contributed by atoms with Crippen LogP contribution in [0.5, 0.6) is 0 Å². The summed E-state index contributed by atoms with van der Waals surface area (Å²) in [6.45, 7) is 4.00. The van der Waals surface area contributed by atoms with E-state index in [1.54, 1.807) is 0 Å². The van der Waals surface area contributed by atoms with Gasteiger partial charge in [0.2, 0.25) is 0 Å². The van der Waals surface area contributed by atoms with Crippen molar-refractivity contribution in [1.82, 2.24) is 0 Å². The van der Waals surface area contributed by atoms with Crippen molar-refractivity contribution in [1.29, 1.82) is 0 Å². The molecule has 0 saturated carbocycles. The van der Waals surface area contributed by atoms with Gasteiger partial charge in [-0.2, -0.15) is 0 Å². The number of aliphatic carboxylic acids is 1. The summed E-state index contributed by atoms with van der Waals surface area (Å²) in [6.07, 6.45) is 0.605. The zero-order valence-electron chi connectivity index (χ0n) is 9.16. The van der Waals surface area contributed by atoms with E-state index in [1.165, 1.54) is 0 Å². The minimum Gasteiger partial charge on any atom is -0.481 e. The Morgan fingerprint density at radius 3 is 2.73 bits per heavy atom. The normalized spacial score (nSPS) is 12.5. The summed E-state index contributed by atoms with van der Waals surface area (Å²) < 4.78 is 0. The second-order valence-corrected chi connectivity index (χ2v) is 3.90. The number of rotatable bonds is 4. The Labute approximate surface area is 89.9 Å². The van der Waals surface area contributed by atoms with E-state index < -0.39 is 5.97 Å². The Morgan fingerprint density at radius 2 is 2.13 bits per heavy atom. The highest BCUT2D eigenvalue weighted by molar-refractivity contribution is 5.66. The lowest BCUT2D eigenvalue weighted by atomic mass is 9.96. The Hall–Kier alpha value is -1.35. The first-order valence-corrected chi connectivity index (χ1v) is 5.05. The molecule has 1 aromatic rings. The van der Waals surface area contributed by atoms with E-state index in [4.69, 9.17) is 10.8 Å². The van der Waals surface area contributed by atoms with Crippen LogP contribution < -0.4 is 5.73 Å². The third kappa shape index (κ3) is 3.36. The van der Waals surface area contributed by atoms with E-state index in [0.717, 1.165) is 16.7 Å². The van der Waals surface area contributed by atoms with E-state index in [-0.39, 0.29) is 12.5 Å². The Balaban J connectivity index is 2.76. The van der Waals surface area contributed by atoms with Crippen molar-refractivity contribution in [3.8, 4) is 0 Å². The Kier molecular flexibility index (Phi) is 3.86. The quantitative estimate of drug-likeness (QED) is 0.795. The van der Waals surface area contributed by atoms with Crippen molar-refractivity contribution < 1.29 is 9.90 Å². The van der Waals surface area contributed by atoms with Crippen molar-refractivity contribution in [3.05, 3.63) is 34.9 Å². The minimum atomic E-state index is -0.796. The maximum atomic E-state index is 10.4. The molecule has 0 fully saturated rings. The number of carboxylic acid groups (broad SMARTS) is 1. The van der Waals surface area contributed by atoms with Gasteiger partial charge in [0, 0.05) is 12.5 Å². The molecule has 3 N–H and O–H groups in total. The molecule has 0 radical (unpaired) electrons. The number of hydrogen-bond acceptors (Lipinski definition) is 2. The van der Waals surface area contributed by atoms with Gasteiger partial charge in [-0.1, -0.05) is 23.8 Å². The summed E-state index contributed by atoms with van der Waals surface area (Å²) in [4.78, 5) is 10.4. The summed E-state index contributed by atoms with van der Waals surface area (Å²) in [6, 6.07) is 5.90. The van der Waals surface area contributed by atoms with E-state index in [2.05, 4.69) is 0 Å². The van der Waals surface area contributed by atoms with Gasteiger partial charge < -0.3 is 10.8 Å². The van der Waals surface area contributed by atoms with Crippen LogP contribution in [0, 0.1) is 13.8 Å². The zero-order valence-corrected chi connectivity index (χ0v) is 9.16. The van der Waals surface area contributed by atoms with Gasteiger partial charge in [-0.05, 0) is 31.4 Å². The van der Waals surface area contributed by atoms with E-state index in [1.807, 2.05) is 32.0 Å². The zero-order chi connectivity index (χ0) is 11.4. The molecule has 0 heterocycles.